The second-order valence-electron chi connectivity index (χ2n) is 7.30. The van der Waals surface area contributed by atoms with Gasteiger partial charge in [0.05, 0.1) is 19.8 Å². The summed E-state index contributed by atoms with van der Waals surface area (Å²) in [4.78, 5) is 13.9. The first kappa shape index (κ1) is 19.5. The maximum atomic E-state index is 12.1. The van der Waals surface area contributed by atoms with Crippen molar-refractivity contribution in [2.24, 2.45) is 0 Å². The lowest BCUT2D eigenvalue weighted by atomic mass is 10.2. The number of rotatable bonds is 7. The van der Waals surface area contributed by atoms with Crippen LogP contribution in [0.25, 0.3) is 0 Å². The minimum Gasteiger partial charge on any atom is -0.444 e. The summed E-state index contributed by atoms with van der Waals surface area (Å²) in [6.07, 6.45) is 0.672. The molecule has 2 rings (SSSR count). The van der Waals surface area contributed by atoms with E-state index < -0.39 is 5.60 Å². The molecule has 0 saturated carbocycles. The van der Waals surface area contributed by atoms with Crippen LogP contribution in [0.4, 0.5) is 10.5 Å². The second kappa shape index (κ2) is 9.06. The summed E-state index contributed by atoms with van der Waals surface area (Å²) in [6.45, 7) is 8.77. The van der Waals surface area contributed by atoms with Crippen LogP contribution in [0.15, 0.2) is 24.3 Å². The summed E-state index contributed by atoms with van der Waals surface area (Å²) < 4.78 is 16.0. The van der Waals surface area contributed by atoms with Crippen molar-refractivity contribution in [3.05, 3.63) is 29.8 Å². The quantitative estimate of drug-likeness (QED) is 0.765. The number of carbonyl (C=O) groups excluding carboxylic acids is 1. The summed E-state index contributed by atoms with van der Waals surface area (Å²) in [5.74, 6) is 0. The molecule has 1 aliphatic rings. The van der Waals surface area contributed by atoms with Crippen molar-refractivity contribution in [2.45, 2.75) is 45.4 Å². The minimum atomic E-state index is -0.459. The zero-order valence-electron chi connectivity index (χ0n) is 15.7. The minimum absolute atomic E-state index is 0.233. The number of amides is 1. The first-order chi connectivity index (χ1) is 11.9. The van der Waals surface area contributed by atoms with Crippen molar-refractivity contribution in [3.63, 3.8) is 0 Å². The highest BCUT2D eigenvalue weighted by Gasteiger charge is 2.29. The van der Waals surface area contributed by atoms with E-state index in [-0.39, 0.29) is 12.1 Å². The van der Waals surface area contributed by atoms with Gasteiger partial charge in [-0.25, -0.2) is 4.79 Å². The smallest absolute Gasteiger partial charge is 0.410 e. The van der Waals surface area contributed by atoms with E-state index in [1.165, 1.54) is 0 Å². The van der Waals surface area contributed by atoms with E-state index in [4.69, 9.17) is 14.2 Å². The summed E-state index contributed by atoms with van der Waals surface area (Å²) in [5, 5.41) is 3.50. The standard InChI is InChI=1S/C19H30N2O4/c1-19(2,3)25-18(22)21-9-8-17(13-21)20-16-7-5-6-15(12-16)14-24-11-10-23-4/h5-7,12,17,20H,8-11,13-14H2,1-4H3. The lowest BCUT2D eigenvalue weighted by Crippen LogP contribution is -2.36. The molecule has 25 heavy (non-hydrogen) atoms. The molecule has 1 aliphatic heterocycles. The molecule has 0 aromatic heterocycles. The number of anilines is 1. The summed E-state index contributed by atoms with van der Waals surface area (Å²) in [7, 11) is 1.66. The number of hydrogen-bond acceptors (Lipinski definition) is 5. The van der Waals surface area contributed by atoms with E-state index in [1.54, 1.807) is 12.0 Å². The Bertz CT molecular complexity index is 557. The molecule has 0 aliphatic carbocycles. The first-order valence-electron chi connectivity index (χ1n) is 8.77. The fraction of sp³-hybridized carbons (Fsp3) is 0.632. The molecule has 1 N–H and O–H groups in total. The summed E-state index contributed by atoms with van der Waals surface area (Å²) in [5.41, 5.74) is 1.70. The number of benzene rings is 1. The highest BCUT2D eigenvalue weighted by molar-refractivity contribution is 5.68. The zero-order chi connectivity index (χ0) is 18.3. The molecule has 1 fully saturated rings. The van der Waals surface area contributed by atoms with Crippen LogP contribution in [-0.2, 0) is 20.8 Å². The lowest BCUT2D eigenvalue weighted by Gasteiger charge is -2.24. The van der Waals surface area contributed by atoms with E-state index in [2.05, 4.69) is 11.4 Å². The Kier molecular flexibility index (Phi) is 7.08. The van der Waals surface area contributed by atoms with Gasteiger partial charge in [0, 0.05) is 31.9 Å². The van der Waals surface area contributed by atoms with E-state index in [0.29, 0.717) is 32.9 Å². The van der Waals surface area contributed by atoms with Gasteiger partial charge in [0.25, 0.3) is 0 Å². The van der Waals surface area contributed by atoms with Gasteiger partial charge >= 0.3 is 6.09 Å². The van der Waals surface area contributed by atoms with Crippen molar-refractivity contribution >= 4 is 11.8 Å². The molecule has 0 bridgehead atoms. The Morgan fingerprint density at radius 2 is 2.12 bits per heavy atom. The Labute approximate surface area is 150 Å². The summed E-state index contributed by atoms with van der Waals surface area (Å²) >= 11 is 0. The lowest BCUT2D eigenvalue weighted by molar-refractivity contribution is 0.0293. The van der Waals surface area contributed by atoms with Crippen LogP contribution in [0.3, 0.4) is 0 Å². The van der Waals surface area contributed by atoms with Gasteiger partial charge in [-0.2, -0.15) is 0 Å². The number of carbonyl (C=O) groups is 1. The van der Waals surface area contributed by atoms with Crippen LogP contribution in [0.1, 0.15) is 32.8 Å². The number of likely N-dealkylation sites (tertiary alicyclic amines) is 1. The monoisotopic (exact) mass is 350 g/mol. The van der Waals surface area contributed by atoms with Crippen molar-refractivity contribution in [2.75, 3.05) is 38.7 Å². The molecular weight excluding hydrogens is 320 g/mol. The average Bonchev–Trinajstić information content (AvgIpc) is 2.99. The van der Waals surface area contributed by atoms with Gasteiger partial charge in [0.1, 0.15) is 5.60 Å². The molecule has 1 unspecified atom stereocenters. The van der Waals surface area contributed by atoms with Crippen molar-refractivity contribution in [1.82, 2.24) is 4.90 Å². The number of nitrogens with zero attached hydrogens (tertiary/aromatic N) is 1. The molecule has 0 radical (unpaired) electrons. The van der Waals surface area contributed by atoms with Crippen LogP contribution in [0.2, 0.25) is 0 Å². The van der Waals surface area contributed by atoms with Crippen LogP contribution >= 0.6 is 0 Å². The van der Waals surface area contributed by atoms with Gasteiger partial charge in [-0.1, -0.05) is 12.1 Å². The molecular formula is C19H30N2O4. The van der Waals surface area contributed by atoms with Crippen LogP contribution in [-0.4, -0.2) is 56.0 Å². The first-order valence-corrected chi connectivity index (χ1v) is 8.77. The highest BCUT2D eigenvalue weighted by atomic mass is 16.6. The molecule has 1 atom stereocenters. The van der Waals surface area contributed by atoms with Crippen molar-refractivity contribution < 1.29 is 19.0 Å². The predicted molar refractivity (Wildman–Crippen MR) is 97.8 cm³/mol. The third-order valence-electron chi connectivity index (χ3n) is 3.84. The van der Waals surface area contributed by atoms with Crippen LogP contribution in [0, 0.1) is 0 Å². The molecule has 1 saturated heterocycles. The van der Waals surface area contributed by atoms with Crippen molar-refractivity contribution in [3.8, 4) is 0 Å². The third kappa shape index (κ3) is 6.92. The zero-order valence-corrected chi connectivity index (χ0v) is 15.7. The van der Waals surface area contributed by atoms with Crippen LogP contribution < -0.4 is 5.32 Å². The number of ether oxygens (including phenoxy) is 3. The van der Waals surface area contributed by atoms with Crippen LogP contribution in [0.5, 0.6) is 0 Å². The molecule has 6 heteroatoms. The van der Waals surface area contributed by atoms with Gasteiger partial charge < -0.3 is 24.4 Å². The second-order valence-corrected chi connectivity index (χ2v) is 7.30. The largest absolute Gasteiger partial charge is 0.444 e. The van der Waals surface area contributed by atoms with E-state index in [0.717, 1.165) is 17.7 Å². The number of nitrogens with one attached hydrogen (secondary N) is 1. The Balaban J connectivity index is 1.81. The normalized spacial score (nSPS) is 17.6. The highest BCUT2D eigenvalue weighted by Crippen LogP contribution is 2.19. The number of methoxy groups -OCH3 is 1. The molecule has 1 aromatic rings. The topological polar surface area (TPSA) is 60.0 Å². The van der Waals surface area contributed by atoms with E-state index >= 15 is 0 Å². The SMILES string of the molecule is COCCOCc1cccc(NC2CCN(C(=O)OC(C)(C)C)C2)c1. The Morgan fingerprint density at radius 3 is 2.84 bits per heavy atom. The molecule has 6 nitrogen and oxygen atoms in total. The molecule has 140 valence electrons. The Morgan fingerprint density at radius 1 is 1.32 bits per heavy atom. The van der Waals surface area contributed by atoms with Gasteiger partial charge in [0.15, 0.2) is 0 Å². The molecule has 1 heterocycles. The maximum absolute atomic E-state index is 12.1. The Hall–Kier alpha value is -1.79. The molecule has 0 spiro atoms. The van der Waals surface area contributed by atoms with Crippen molar-refractivity contribution in [1.29, 1.82) is 0 Å². The fourth-order valence-corrected chi connectivity index (χ4v) is 2.69. The van der Waals surface area contributed by atoms with Gasteiger partial charge in [-0.15, -0.1) is 0 Å². The average molecular weight is 350 g/mol. The number of hydrogen-bond donors (Lipinski definition) is 1. The third-order valence-corrected chi connectivity index (χ3v) is 3.84. The van der Waals surface area contributed by atoms with E-state index in [9.17, 15) is 4.79 Å². The maximum Gasteiger partial charge on any atom is 0.410 e. The van der Waals surface area contributed by atoms with E-state index in [1.807, 2.05) is 39.0 Å². The fourth-order valence-electron chi connectivity index (χ4n) is 2.69. The van der Waals surface area contributed by atoms with Gasteiger partial charge in [-0.3, -0.25) is 0 Å². The van der Waals surface area contributed by atoms with Gasteiger partial charge in [-0.05, 0) is 44.9 Å². The molecule has 1 amide bonds. The predicted octanol–water partition coefficient (Wildman–Crippen LogP) is 3.27. The van der Waals surface area contributed by atoms with Gasteiger partial charge in [0.2, 0.25) is 0 Å². The molecule has 1 aromatic carbocycles. The summed E-state index contributed by atoms with van der Waals surface area (Å²) in [6, 6.07) is 8.41.